The van der Waals surface area contributed by atoms with E-state index in [0.29, 0.717) is 17.1 Å². The summed E-state index contributed by atoms with van der Waals surface area (Å²) >= 11 is 0. The molecular weight excluding hydrogens is 246 g/mol. The summed E-state index contributed by atoms with van der Waals surface area (Å²) in [6.07, 6.45) is 0.228. The molecule has 1 aliphatic heterocycles. The normalized spacial score (nSPS) is 31.1. The molecule has 0 spiro atoms. The predicted octanol–water partition coefficient (Wildman–Crippen LogP) is 0.755. The van der Waals surface area contributed by atoms with Crippen LogP contribution in [0.4, 0.5) is 5.95 Å². The van der Waals surface area contributed by atoms with Crippen molar-refractivity contribution < 1.29 is 4.74 Å². The van der Waals surface area contributed by atoms with Crippen LogP contribution in [0, 0.1) is 5.92 Å². The average Bonchev–Trinajstić information content (AvgIpc) is 2.81. The minimum Gasteiger partial charge on any atom is -0.374 e. The van der Waals surface area contributed by atoms with Crippen molar-refractivity contribution in [2.24, 2.45) is 5.92 Å². The highest BCUT2D eigenvalue weighted by atomic mass is 16.5. The first-order valence-electron chi connectivity index (χ1n) is 6.38. The fourth-order valence-electron chi connectivity index (χ4n) is 2.84. The van der Waals surface area contributed by atoms with Gasteiger partial charge in [-0.05, 0) is 19.8 Å². The van der Waals surface area contributed by atoms with E-state index in [1.165, 1.54) is 0 Å². The van der Waals surface area contributed by atoms with Crippen LogP contribution in [-0.4, -0.2) is 32.1 Å². The quantitative estimate of drug-likeness (QED) is 0.703. The summed E-state index contributed by atoms with van der Waals surface area (Å²) < 4.78 is 5.80. The Balaban J connectivity index is 2.11. The minimum atomic E-state index is -0.298. The number of fused-ring (bicyclic) bond motifs is 1. The Kier molecular flexibility index (Phi) is 2.60. The van der Waals surface area contributed by atoms with Crippen molar-refractivity contribution in [3.05, 3.63) is 16.2 Å². The van der Waals surface area contributed by atoms with Gasteiger partial charge >= 0.3 is 0 Å². The zero-order valence-electron chi connectivity index (χ0n) is 11.1. The van der Waals surface area contributed by atoms with Crippen LogP contribution < -0.4 is 11.3 Å². The Morgan fingerprint density at radius 3 is 2.53 bits per heavy atom. The molecule has 0 bridgehead atoms. The summed E-state index contributed by atoms with van der Waals surface area (Å²) in [5.41, 5.74) is 5.94. The average molecular weight is 263 g/mol. The molecule has 4 N–H and O–H groups in total. The highest BCUT2D eigenvalue weighted by molar-refractivity contribution is 5.70. The van der Waals surface area contributed by atoms with Crippen molar-refractivity contribution >= 4 is 17.1 Å². The molecule has 7 heteroatoms. The number of imidazole rings is 1. The topological polar surface area (TPSA) is 110 Å². The molecule has 3 heterocycles. The molecule has 4 atom stereocenters. The van der Waals surface area contributed by atoms with Gasteiger partial charge in [-0.15, -0.1) is 0 Å². The zero-order valence-corrected chi connectivity index (χ0v) is 11.1. The van der Waals surface area contributed by atoms with Gasteiger partial charge in [0, 0.05) is 5.92 Å². The van der Waals surface area contributed by atoms with Crippen molar-refractivity contribution in [1.29, 1.82) is 0 Å². The second kappa shape index (κ2) is 4.06. The Hall–Kier alpha value is -1.89. The molecule has 1 saturated heterocycles. The largest absolute Gasteiger partial charge is 0.374 e. The van der Waals surface area contributed by atoms with Gasteiger partial charge in [-0.3, -0.25) is 9.78 Å². The Morgan fingerprint density at radius 1 is 1.16 bits per heavy atom. The van der Waals surface area contributed by atoms with Crippen molar-refractivity contribution in [2.75, 3.05) is 5.73 Å². The summed E-state index contributed by atoms with van der Waals surface area (Å²) in [7, 11) is 0. The van der Waals surface area contributed by atoms with E-state index < -0.39 is 0 Å². The van der Waals surface area contributed by atoms with Crippen molar-refractivity contribution in [3.63, 3.8) is 0 Å². The van der Waals surface area contributed by atoms with Crippen LogP contribution in [0.2, 0.25) is 0 Å². The molecular formula is C12H17N5O2. The number of nitrogens with zero attached hydrogens (tertiary/aromatic N) is 2. The molecule has 0 amide bonds. The highest BCUT2D eigenvalue weighted by Crippen LogP contribution is 2.38. The molecule has 0 saturated carbocycles. The number of aromatic nitrogens is 4. The van der Waals surface area contributed by atoms with E-state index in [9.17, 15) is 4.79 Å². The fourth-order valence-corrected chi connectivity index (χ4v) is 2.84. The maximum absolute atomic E-state index is 11.8. The first-order chi connectivity index (χ1) is 8.97. The number of aromatic amines is 2. The number of H-pyrrole nitrogens is 2. The van der Waals surface area contributed by atoms with Gasteiger partial charge in [-0.1, -0.05) is 6.92 Å². The van der Waals surface area contributed by atoms with E-state index in [1.54, 1.807) is 0 Å². The smallest absolute Gasteiger partial charge is 0.278 e. The second-order valence-corrected chi connectivity index (χ2v) is 5.20. The van der Waals surface area contributed by atoms with Crippen LogP contribution in [0.25, 0.3) is 11.2 Å². The molecule has 0 radical (unpaired) electrons. The summed E-state index contributed by atoms with van der Waals surface area (Å²) in [6, 6.07) is 0. The predicted molar refractivity (Wildman–Crippen MR) is 70.8 cm³/mol. The van der Waals surface area contributed by atoms with Gasteiger partial charge < -0.3 is 15.5 Å². The lowest BCUT2D eigenvalue weighted by Crippen LogP contribution is -2.16. The number of rotatable bonds is 1. The lowest BCUT2D eigenvalue weighted by Gasteiger charge is -2.15. The lowest BCUT2D eigenvalue weighted by atomic mass is 9.89. The Morgan fingerprint density at radius 2 is 1.89 bits per heavy atom. The van der Waals surface area contributed by atoms with E-state index in [4.69, 9.17) is 10.5 Å². The van der Waals surface area contributed by atoms with Gasteiger partial charge in [0.05, 0.1) is 12.2 Å². The van der Waals surface area contributed by atoms with Crippen molar-refractivity contribution in [1.82, 2.24) is 19.9 Å². The number of hydrogen-bond acceptors (Lipinski definition) is 5. The van der Waals surface area contributed by atoms with Crippen LogP contribution in [0.15, 0.2) is 4.79 Å². The standard InChI is InChI=1S/C12H17N5O2/c1-4-5(2)19-6(3)7(4)9-14-8-10(15-9)16-12(13)17-11(8)18/h4-7H,1-3H3,(H4,13,14,15,16,17,18). The zero-order chi connectivity index (χ0) is 13.7. The molecule has 1 aliphatic rings. The highest BCUT2D eigenvalue weighted by Gasteiger charge is 2.39. The molecule has 7 nitrogen and oxygen atoms in total. The lowest BCUT2D eigenvalue weighted by molar-refractivity contribution is 0.0554. The van der Waals surface area contributed by atoms with E-state index in [0.717, 1.165) is 5.82 Å². The third-order valence-electron chi connectivity index (χ3n) is 3.96. The summed E-state index contributed by atoms with van der Waals surface area (Å²) in [4.78, 5) is 25.7. The van der Waals surface area contributed by atoms with Crippen LogP contribution in [0.3, 0.4) is 0 Å². The maximum Gasteiger partial charge on any atom is 0.278 e. The SMILES string of the molecule is CC1OC(C)C(c2nc3nc(N)[nH]c(=O)c3[nH]2)C1C. The fraction of sp³-hybridized carbons (Fsp3) is 0.583. The van der Waals surface area contributed by atoms with Gasteiger partial charge in [0.25, 0.3) is 5.56 Å². The van der Waals surface area contributed by atoms with Crippen LogP contribution in [-0.2, 0) is 4.74 Å². The number of ether oxygens (including phenoxy) is 1. The molecule has 4 unspecified atom stereocenters. The Bertz CT molecular complexity index is 676. The van der Waals surface area contributed by atoms with Crippen molar-refractivity contribution in [2.45, 2.75) is 38.9 Å². The molecule has 2 aromatic heterocycles. The van der Waals surface area contributed by atoms with Crippen LogP contribution in [0.5, 0.6) is 0 Å². The number of anilines is 1. The first kappa shape index (κ1) is 12.2. The third kappa shape index (κ3) is 1.81. The van der Waals surface area contributed by atoms with E-state index in [-0.39, 0.29) is 29.6 Å². The second-order valence-electron chi connectivity index (χ2n) is 5.20. The van der Waals surface area contributed by atoms with Gasteiger partial charge in [0.15, 0.2) is 11.2 Å². The molecule has 19 heavy (non-hydrogen) atoms. The minimum absolute atomic E-state index is 0.0574. The first-order valence-corrected chi connectivity index (χ1v) is 6.38. The number of nitrogens with two attached hydrogens (primary N) is 1. The molecule has 2 aromatic rings. The van der Waals surface area contributed by atoms with Gasteiger partial charge in [0.2, 0.25) is 5.95 Å². The monoisotopic (exact) mass is 263 g/mol. The van der Waals surface area contributed by atoms with Gasteiger partial charge in [0.1, 0.15) is 5.82 Å². The van der Waals surface area contributed by atoms with E-state index >= 15 is 0 Å². The molecule has 1 fully saturated rings. The van der Waals surface area contributed by atoms with Crippen molar-refractivity contribution in [3.8, 4) is 0 Å². The molecule has 102 valence electrons. The summed E-state index contributed by atoms with van der Waals surface area (Å²) in [5.74, 6) is 1.27. The third-order valence-corrected chi connectivity index (χ3v) is 3.96. The summed E-state index contributed by atoms with van der Waals surface area (Å²) in [5, 5.41) is 0. The Labute approximate surface area is 109 Å². The van der Waals surface area contributed by atoms with E-state index in [1.807, 2.05) is 13.8 Å². The molecule has 0 aliphatic carbocycles. The van der Waals surface area contributed by atoms with Crippen LogP contribution in [0.1, 0.15) is 32.5 Å². The maximum atomic E-state index is 11.8. The number of hydrogen-bond donors (Lipinski definition) is 3. The molecule has 0 aromatic carbocycles. The molecule has 3 rings (SSSR count). The van der Waals surface area contributed by atoms with E-state index in [2.05, 4.69) is 26.9 Å². The number of nitrogens with one attached hydrogen (secondary N) is 2. The summed E-state index contributed by atoms with van der Waals surface area (Å²) in [6.45, 7) is 6.19. The van der Waals surface area contributed by atoms with Crippen LogP contribution >= 0.6 is 0 Å². The van der Waals surface area contributed by atoms with Gasteiger partial charge in [-0.2, -0.15) is 4.98 Å². The number of nitrogen functional groups attached to an aromatic ring is 1. The van der Waals surface area contributed by atoms with Gasteiger partial charge in [-0.25, -0.2) is 4.98 Å².